The molecule has 0 spiro atoms. The molecule has 0 radical (unpaired) electrons. The molecule has 0 aliphatic heterocycles. The van der Waals surface area contributed by atoms with Crippen LogP contribution in [-0.4, -0.2) is 46.0 Å². The molecule has 0 bridgehead atoms. The highest BCUT2D eigenvalue weighted by molar-refractivity contribution is 14.0. The molecule has 0 unspecified atom stereocenters. The molecule has 1 aliphatic carbocycles. The first kappa shape index (κ1) is 22.8. The molecule has 0 saturated heterocycles. The highest BCUT2D eigenvalue weighted by Crippen LogP contribution is 2.32. The van der Waals surface area contributed by atoms with Crippen molar-refractivity contribution < 1.29 is 14.2 Å². The summed E-state index contributed by atoms with van der Waals surface area (Å²) in [7, 11) is 3.37. The van der Waals surface area contributed by atoms with Crippen LogP contribution in [-0.2, 0) is 11.3 Å². The number of hydrogen-bond acceptors (Lipinski definition) is 4. The Labute approximate surface area is 174 Å². The fraction of sp³-hybridized carbons (Fsp3) is 0.632. The molecule has 1 fully saturated rings. The summed E-state index contributed by atoms with van der Waals surface area (Å²) in [6, 6.07) is 6.03. The van der Waals surface area contributed by atoms with Crippen LogP contribution in [0, 0.1) is 0 Å². The molecule has 6 nitrogen and oxygen atoms in total. The lowest BCUT2D eigenvalue weighted by atomic mass is 10.2. The molecule has 1 aromatic rings. The van der Waals surface area contributed by atoms with Crippen LogP contribution >= 0.6 is 24.0 Å². The van der Waals surface area contributed by atoms with Crippen LogP contribution in [0.1, 0.15) is 38.2 Å². The minimum absolute atomic E-state index is 0. The summed E-state index contributed by atoms with van der Waals surface area (Å²) in [6.07, 6.45) is 5.05. The summed E-state index contributed by atoms with van der Waals surface area (Å²) in [5, 5.41) is 6.48. The standard InChI is InChI=1S/C19H31N3O3.HI/c1-4-20-19(21-11-12-23-2)22-14-15-9-10-17(24-3)18(13-15)25-16-7-5-6-8-16;/h9-10,13,16H,4-8,11-12,14H2,1-3H3,(H2,20,21,22);1H. The van der Waals surface area contributed by atoms with Gasteiger partial charge in [-0.15, -0.1) is 24.0 Å². The zero-order chi connectivity index (χ0) is 17.9. The molecule has 2 N–H and O–H groups in total. The molecule has 1 aliphatic rings. The van der Waals surface area contributed by atoms with E-state index in [-0.39, 0.29) is 24.0 Å². The number of methoxy groups -OCH3 is 2. The van der Waals surface area contributed by atoms with Gasteiger partial charge in [-0.3, -0.25) is 0 Å². The van der Waals surface area contributed by atoms with Crippen molar-refractivity contribution in [2.45, 2.75) is 45.3 Å². The van der Waals surface area contributed by atoms with Gasteiger partial charge in [-0.1, -0.05) is 6.07 Å². The van der Waals surface area contributed by atoms with E-state index >= 15 is 0 Å². The molecule has 26 heavy (non-hydrogen) atoms. The number of halogens is 1. The summed E-state index contributed by atoms with van der Waals surface area (Å²) in [5.74, 6) is 2.39. The van der Waals surface area contributed by atoms with Gasteiger partial charge >= 0.3 is 0 Å². The van der Waals surface area contributed by atoms with Gasteiger partial charge in [-0.2, -0.15) is 0 Å². The third kappa shape index (κ3) is 7.57. The van der Waals surface area contributed by atoms with Gasteiger partial charge in [-0.25, -0.2) is 4.99 Å². The minimum atomic E-state index is 0. The van der Waals surface area contributed by atoms with Crippen LogP contribution in [0.2, 0.25) is 0 Å². The first-order valence-corrected chi connectivity index (χ1v) is 9.11. The number of benzene rings is 1. The Hall–Kier alpha value is -1.22. The molecular formula is C19H32IN3O3. The topological polar surface area (TPSA) is 64.1 Å². The first-order chi connectivity index (χ1) is 12.3. The largest absolute Gasteiger partial charge is 0.493 e. The highest BCUT2D eigenvalue weighted by atomic mass is 127. The first-order valence-electron chi connectivity index (χ1n) is 9.11. The molecule has 1 aromatic carbocycles. The fourth-order valence-electron chi connectivity index (χ4n) is 2.88. The summed E-state index contributed by atoms with van der Waals surface area (Å²) >= 11 is 0. The zero-order valence-corrected chi connectivity index (χ0v) is 18.4. The van der Waals surface area contributed by atoms with Crippen LogP contribution in [0.4, 0.5) is 0 Å². The van der Waals surface area contributed by atoms with Gasteiger partial charge < -0.3 is 24.8 Å². The van der Waals surface area contributed by atoms with Crippen molar-refractivity contribution >= 4 is 29.9 Å². The Morgan fingerprint density at radius 2 is 1.92 bits per heavy atom. The van der Waals surface area contributed by atoms with Crippen molar-refractivity contribution in [3.05, 3.63) is 23.8 Å². The third-order valence-electron chi connectivity index (χ3n) is 4.19. The van der Waals surface area contributed by atoms with Crippen molar-refractivity contribution in [2.24, 2.45) is 4.99 Å². The average molecular weight is 477 g/mol. The van der Waals surface area contributed by atoms with E-state index in [2.05, 4.69) is 22.5 Å². The van der Waals surface area contributed by atoms with E-state index in [1.165, 1.54) is 12.8 Å². The number of hydrogen-bond donors (Lipinski definition) is 2. The lowest BCUT2D eigenvalue weighted by Crippen LogP contribution is -2.38. The number of ether oxygens (including phenoxy) is 3. The third-order valence-corrected chi connectivity index (χ3v) is 4.19. The number of aliphatic imine (C=N–C) groups is 1. The van der Waals surface area contributed by atoms with Crippen molar-refractivity contribution in [2.75, 3.05) is 33.9 Å². The van der Waals surface area contributed by atoms with Crippen LogP contribution in [0.15, 0.2) is 23.2 Å². The second-order valence-corrected chi connectivity index (χ2v) is 6.12. The number of rotatable bonds is 9. The molecule has 0 aromatic heterocycles. The summed E-state index contributed by atoms with van der Waals surface area (Å²) < 4.78 is 16.7. The van der Waals surface area contributed by atoms with Crippen molar-refractivity contribution in [1.82, 2.24) is 10.6 Å². The molecule has 2 rings (SSSR count). The van der Waals surface area contributed by atoms with E-state index in [4.69, 9.17) is 14.2 Å². The van der Waals surface area contributed by atoms with E-state index in [1.54, 1.807) is 14.2 Å². The lowest BCUT2D eigenvalue weighted by Gasteiger charge is -2.17. The predicted octanol–water partition coefficient (Wildman–Crippen LogP) is 3.34. The second-order valence-electron chi connectivity index (χ2n) is 6.12. The van der Waals surface area contributed by atoms with Gasteiger partial charge in [-0.05, 0) is 50.3 Å². The lowest BCUT2D eigenvalue weighted by molar-refractivity contribution is 0.200. The molecule has 148 valence electrons. The Morgan fingerprint density at radius 3 is 2.58 bits per heavy atom. The Kier molecular flexibility index (Phi) is 11.4. The van der Waals surface area contributed by atoms with E-state index in [1.807, 2.05) is 18.2 Å². The average Bonchev–Trinajstić information content (AvgIpc) is 3.13. The van der Waals surface area contributed by atoms with Crippen LogP contribution in [0.3, 0.4) is 0 Å². The highest BCUT2D eigenvalue weighted by Gasteiger charge is 2.18. The predicted molar refractivity (Wildman–Crippen MR) is 116 cm³/mol. The van der Waals surface area contributed by atoms with Crippen LogP contribution < -0.4 is 20.1 Å². The number of nitrogens with one attached hydrogen (secondary N) is 2. The zero-order valence-electron chi connectivity index (χ0n) is 16.0. The summed E-state index contributed by atoms with van der Waals surface area (Å²) in [6.45, 7) is 4.81. The quantitative estimate of drug-likeness (QED) is 0.247. The summed E-state index contributed by atoms with van der Waals surface area (Å²) in [4.78, 5) is 4.63. The van der Waals surface area contributed by atoms with E-state index < -0.39 is 0 Å². The van der Waals surface area contributed by atoms with E-state index in [0.717, 1.165) is 49.0 Å². The molecular weight excluding hydrogens is 445 g/mol. The maximum Gasteiger partial charge on any atom is 0.191 e. The fourth-order valence-corrected chi connectivity index (χ4v) is 2.88. The van der Waals surface area contributed by atoms with Gasteiger partial charge in [0.2, 0.25) is 0 Å². The van der Waals surface area contributed by atoms with Crippen molar-refractivity contribution in [1.29, 1.82) is 0 Å². The number of nitrogens with zero attached hydrogens (tertiary/aromatic N) is 1. The monoisotopic (exact) mass is 477 g/mol. The Balaban J connectivity index is 0.00000338. The SMILES string of the molecule is CCNC(=NCc1ccc(OC)c(OC2CCCC2)c1)NCCOC.I. The second kappa shape index (κ2) is 13.0. The van der Waals surface area contributed by atoms with Crippen LogP contribution in [0.5, 0.6) is 11.5 Å². The van der Waals surface area contributed by atoms with E-state index in [0.29, 0.717) is 19.3 Å². The van der Waals surface area contributed by atoms with Gasteiger partial charge in [0, 0.05) is 20.2 Å². The van der Waals surface area contributed by atoms with Gasteiger partial charge in [0.15, 0.2) is 17.5 Å². The number of guanidine groups is 1. The summed E-state index contributed by atoms with van der Waals surface area (Å²) in [5.41, 5.74) is 1.10. The maximum absolute atomic E-state index is 6.15. The minimum Gasteiger partial charge on any atom is -0.493 e. The molecule has 1 saturated carbocycles. The normalized spacial score (nSPS) is 14.7. The Bertz CT molecular complexity index is 549. The van der Waals surface area contributed by atoms with Crippen molar-refractivity contribution in [3.63, 3.8) is 0 Å². The molecule has 7 heteroatoms. The Morgan fingerprint density at radius 1 is 1.15 bits per heavy atom. The molecule has 0 amide bonds. The van der Waals surface area contributed by atoms with Crippen LogP contribution in [0.25, 0.3) is 0 Å². The molecule has 0 atom stereocenters. The van der Waals surface area contributed by atoms with Crippen molar-refractivity contribution in [3.8, 4) is 11.5 Å². The molecule has 0 heterocycles. The van der Waals surface area contributed by atoms with E-state index in [9.17, 15) is 0 Å². The smallest absolute Gasteiger partial charge is 0.191 e. The van der Waals surface area contributed by atoms with Gasteiger partial charge in [0.1, 0.15) is 0 Å². The maximum atomic E-state index is 6.15. The van der Waals surface area contributed by atoms with Gasteiger partial charge in [0.25, 0.3) is 0 Å². The van der Waals surface area contributed by atoms with Gasteiger partial charge in [0.05, 0.1) is 26.4 Å².